The van der Waals surface area contributed by atoms with Crippen molar-refractivity contribution in [2.24, 2.45) is 0 Å². The molecule has 10 nitrogen and oxygen atoms in total. The highest BCUT2D eigenvalue weighted by Gasteiger charge is 2.15. The number of anilines is 1. The van der Waals surface area contributed by atoms with Gasteiger partial charge in [-0.3, -0.25) is 24.7 Å². The molecule has 5 aromatic rings. The van der Waals surface area contributed by atoms with Crippen LogP contribution in [0.3, 0.4) is 0 Å². The lowest BCUT2D eigenvalue weighted by Gasteiger charge is -2.09. The van der Waals surface area contributed by atoms with Crippen LogP contribution in [-0.4, -0.2) is 36.0 Å². The Labute approximate surface area is 179 Å². The van der Waals surface area contributed by atoms with Crippen LogP contribution in [0.4, 0.5) is 5.69 Å². The van der Waals surface area contributed by atoms with E-state index in [1.165, 1.54) is 12.3 Å². The number of aromatic amines is 3. The van der Waals surface area contributed by atoms with Crippen molar-refractivity contribution in [2.45, 2.75) is 0 Å². The van der Waals surface area contributed by atoms with Crippen LogP contribution in [0.2, 0.25) is 0 Å². The van der Waals surface area contributed by atoms with Gasteiger partial charge in [0.1, 0.15) is 5.65 Å². The average molecular weight is 425 g/mol. The third kappa shape index (κ3) is 3.56. The van der Waals surface area contributed by atoms with Crippen LogP contribution >= 0.6 is 0 Å². The van der Waals surface area contributed by atoms with Gasteiger partial charge in [0.2, 0.25) is 0 Å². The standard InChI is InChI=1S/C22H15N7O3/c30-20(13-10-15-18(23-11-13)26-22(32)27-21(15)31)24-16-9-5-4-8-14(16)19-25-17(28-29-19)12-6-2-1-3-7-12/h1-11H,(H,24,30)(H,25,28,29)(H2,23,26,27,31,32). The van der Waals surface area contributed by atoms with Crippen molar-refractivity contribution in [2.75, 3.05) is 5.32 Å². The van der Waals surface area contributed by atoms with E-state index in [2.05, 4.69) is 35.5 Å². The highest BCUT2D eigenvalue weighted by atomic mass is 16.2. The molecule has 5 rings (SSSR count). The lowest BCUT2D eigenvalue weighted by Crippen LogP contribution is -2.23. The van der Waals surface area contributed by atoms with E-state index in [-0.39, 0.29) is 16.6 Å². The Morgan fingerprint density at radius 1 is 0.938 bits per heavy atom. The molecule has 0 bridgehead atoms. The smallest absolute Gasteiger partial charge is 0.321 e. The van der Waals surface area contributed by atoms with Crippen LogP contribution < -0.4 is 16.6 Å². The number of hydrogen-bond donors (Lipinski definition) is 4. The normalized spacial score (nSPS) is 10.9. The zero-order chi connectivity index (χ0) is 22.1. The van der Waals surface area contributed by atoms with Gasteiger partial charge in [0.25, 0.3) is 11.5 Å². The molecule has 0 saturated heterocycles. The highest BCUT2D eigenvalue weighted by molar-refractivity contribution is 6.07. The van der Waals surface area contributed by atoms with Crippen LogP contribution in [0.5, 0.6) is 0 Å². The fraction of sp³-hybridized carbons (Fsp3) is 0. The Balaban J connectivity index is 1.47. The van der Waals surface area contributed by atoms with E-state index in [1.54, 1.807) is 18.2 Å². The molecule has 10 heteroatoms. The Morgan fingerprint density at radius 2 is 1.72 bits per heavy atom. The summed E-state index contributed by atoms with van der Waals surface area (Å²) in [5, 5.41) is 10.1. The van der Waals surface area contributed by atoms with Crippen LogP contribution in [-0.2, 0) is 0 Å². The van der Waals surface area contributed by atoms with Crippen molar-refractivity contribution in [3.05, 3.63) is 93.3 Å². The fourth-order valence-electron chi connectivity index (χ4n) is 3.26. The molecule has 0 saturated carbocycles. The number of carbonyl (C=O) groups is 1. The summed E-state index contributed by atoms with van der Waals surface area (Å²) < 4.78 is 0. The van der Waals surface area contributed by atoms with Gasteiger partial charge in [-0.2, -0.15) is 5.10 Å². The summed E-state index contributed by atoms with van der Waals surface area (Å²) in [7, 11) is 0. The lowest BCUT2D eigenvalue weighted by atomic mass is 10.1. The predicted octanol–water partition coefficient (Wildman–Crippen LogP) is 2.32. The van der Waals surface area contributed by atoms with E-state index in [9.17, 15) is 14.4 Å². The molecule has 0 fully saturated rings. The van der Waals surface area contributed by atoms with Gasteiger partial charge < -0.3 is 5.32 Å². The van der Waals surface area contributed by atoms with Crippen LogP contribution in [0.1, 0.15) is 10.4 Å². The van der Waals surface area contributed by atoms with Crippen LogP contribution in [0.15, 0.2) is 76.4 Å². The largest absolute Gasteiger partial charge is 0.327 e. The second kappa shape index (κ2) is 7.76. The minimum Gasteiger partial charge on any atom is -0.321 e. The van der Waals surface area contributed by atoms with Gasteiger partial charge in [0, 0.05) is 17.3 Å². The Bertz CT molecular complexity index is 1570. The number of fused-ring (bicyclic) bond motifs is 1. The molecule has 0 aliphatic carbocycles. The topological polar surface area (TPSA) is 149 Å². The fourth-order valence-corrected chi connectivity index (χ4v) is 3.26. The Hall–Kier alpha value is -4.86. The molecule has 0 spiro atoms. The lowest BCUT2D eigenvalue weighted by molar-refractivity contribution is 0.102. The minimum atomic E-state index is -0.664. The van der Waals surface area contributed by atoms with Crippen molar-refractivity contribution in [1.29, 1.82) is 0 Å². The molecule has 1 amide bonds. The van der Waals surface area contributed by atoms with Crippen molar-refractivity contribution in [3.63, 3.8) is 0 Å². The molecule has 0 unspecified atom stereocenters. The number of hydrogen-bond acceptors (Lipinski definition) is 6. The van der Waals surface area contributed by atoms with Gasteiger partial charge in [-0.1, -0.05) is 42.5 Å². The van der Waals surface area contributed by atoms with Crippen molar-refractivity contribution >= 4 is 22.6 Å². The van der Waals surface area contributed by atoms with E-state index in [4.69, 9.17) is 0 Å². The number of rotatable bonds is 4. The number of para-hydroxylation sites is 1. The van der Waals surface area contributed by atoms with E-state index in [1.807, 2.05) is 36.4 Å². The second-order valence-electron chi connectivity index (χ2n) is 6.90. The molecular weight excluding hydrogens is 410 g/mol. The number of amides is 1. The molecule has 4 N–H and O–H groups in total. The number of H-pyrrole nitrogens is 3. The summed E-state index contributed by atoms with van der Waals surface area (Å²) in [6.45, 7) is 0. The third-order valence-electron chi connectivity index (χ3n) is 4.80. The van der Waals surface area contributed by atoms with Crippen molar-refractivity contribution < 1.29 is 4.79 Å². The monoisotopic (exact) mass is 425 g/mol. The van der Waals surface area contributed by atoms with Gasteiger partial charge in [-0.25, -0.2) is 14.8 Å². The first kappa shape index (κ1) is 19.1. The molecule has 3 aromatic heterocycles. The third-order valence-corrected chi connectivity index (χ3v) is 4.80. The quantitative estimate of drug-likeness (QED) is 0.347. The molecule has 3 heterocycles. The first-order chi connectivity index (χ1) is 15.6. The molecule has 32 heavy (non-hydrogen) atoms. The maximum absolute atomic E-state index is 12.9. The second-order valence-corrected chi connectivity index (χ2v) is 6.90. The first-order valence-corrected chi connectivity index (χ1v) is 9.59. The number of nitrogens with one attached hydrogen (secondary N) is 4. The molecule has 0 aliphatic heterocycles. The summed E-state index contributed by atoms with van der Waals surface area (Å²) in [6.07, 6.45) is 1.29. The summed E-state index contributed by atoms with van der Waals surface area (Å²) in [6, 6.07) is 18.0. The van der Waals surface area contributed by atoms with E-state index < -0.39 is 17.2 Å². The maximum Gasteiger partial charge on any atom is 0.327 e. The number of pyridine rings is 1. The number of nitrogens with zero attached hydrogens (tertiary/aromatic N) is 3. The summed E-state index contributed by atoms with van der Waals surface area (Å²) in [5.41, 5.74) is 0.986. The van der Waals surface area contributed by atoms with Gasteiger partial charge in [0.15, 0.2) is 11.6 Å². The molecule has 2 aromatic carbocycles. The molecule has 0 atom stereocenters. The van der Waals surface area contributed by atoms with Gasteiger partial charge in [0.05, 0.1) is 16.6 Å². The van der Waals surface area contributed by atoms with Crippen LogP contribution in [0.25, 0.3) is 33.8 Å². The SMILES string of the molecule is O=C(Nc1ccccc1-c1nc(-c2ccccc2)n[nH]1)c1cnc2[nH]c(=O)[nH]c(=O)c2c1. The average Bonchev–Trinajstić information content (AvgIpc) is 3.30. The highest BCUT2D eigenvalue weighted by Crippen LogP contribution is 2.27. The van der Waals surface area contributed by atoms with Gasteiger partial charge >= 0.3 is 5.69 Å². The molecule has 0 radical (unpaired) electrons. The van der Waals surface area contributed by atoms with E-state index in [0.717, 1.165) is 5.56 Å². The zero-order valence-electron chi connectivity index (χ0n) is 16.4. The summed E-state index contributed by atoms with van der Waals surface area (Å²) in [4.78, 5) is 49.4. The van der Waals surface area contributed by atoms with E-state index in [0.29, 0.717) is 22.9 Å². The molecule has 156 valence electrons. The van der Waals surface area contributed by atoms with E-state index >= 15 is 0 Å². The number of carbonyl (C=O) groups excluding carboxylic acids is 1. The minimum absolute atomic E-state index is 0.103. The summed E-state index contributed by atoms with van der Waals surface area (Å²) in [5.74, 6) is 0.555. The maximum atomic E-state index is 12.9. The Morgan fingerprint density at radius 3 is 2.56 bits per heavy atom. The van der Waals surface area contributed by atoms with Gasteiger partial charge in [-0.05, 0) is 18.2 Å². The first-order valence-electron chi connectivity index (χ1n) is 9.59. The predicted molar refractivity (Wildman–Crippen MR) is 118 cm³/mol. The zero-order valence-corrected chi connectivity index (χ0v) is 16.4. The Kier molecular flexibility index (Phi) is 4.64. The molecule has 0 aliphatic rings. The van der Waals surface area contributed by atoms with Crippen molar-refractivity contribution in [3.8, 4) is 22.8 Å². The van der Waals surface area contributed by atoms with Crippen LogP contribution in [0, 0.1) is 0 Å². The van der Waals surface area contributed by atoms with Gasteiger partial charge in [-0.15, -0.1) is 0 Å². The number of aromatic nitrogens is 6. The van der Waals surface area contributed by atoms with Crippen molar-refractivity contribution in [1.82, 2.24) is 30.1 Å². The molecular formula is C22H15N7O3. The summed E-state index contributed by atoms with van der Waals surface area (Å²) >= 11 is 0. The number of benzene rings is 2.